The Balaban J connectivity index is 2.88. The molecule has 2 unspecified atom stereocenters. The van der Waals surface area contributed by atoms with E-state index in [0.29, 0.717) is 6.42 Å². The van der Waals surface area contributed by atoms with Crippen molar-refractivity contribution in [2.24, 2.45) is 5.92 Å². The molecule has 0 spiro atoms. The van der Waals surface area contributed by atoms with E-state index in [1.54, 1.807) is 4.90 Å². The number of carbonyl (C=O) groups excluding carboxylic acids is 1. The van der Waals surface area contributed by atoms with E-state index in [2.05, 4.69) is 0 Å². The van der Waals surface area contributed by atoms with Crippen LogP contribution in [0.25, 0.3) is 0 Å². The lowest BCUT2D eigenvalue weighted by Crippen LogP contribution is -2.49. The fourth-order valence-corrected chi connectivity index (χ4v) is 2.61. The Hall–Kier alpha value is -1.26. The van der Waals surface area contributed by atoms with Crippen LogP contribution in [0.3, 0.4) is 0 Å². The maximum Gasteiger partial charge on any atom is 0.410 e. The first-order chi connectivity index (χ1) is 8.63. The Morgan fingerprint density at radius 1 is 1.26 bits per heavy atom. The van der Waals surface area contributed by atoms with E-state index < -0.39 is 23.6 Å². The zero-order chi connectivity index (χ0) is 14.8. The van der Waals surface area contributed by atoms with Crippen LogP contribution in [0.5, 0.6) is 0 Å². The average molecular weight is 271 g/mol. The van der Waals surface area contributed by atoms with Crippen molar-refractivity contribution in [2.75, 3.05) is 0 Å². The van der Waals surface area contributed by atoms with Gasteiger partial charge in [0.05, 0.1) is 5.92 Å². The molecule has 0 aliphatic heterocycles. The van der Waals surface area contributed by atoms with Crippen LogP contribution >= 0.6 is 0 Å². The molecule has 1 rings (SSSR count). The van der Waals surface area contributed by atoms with Crippen LogP contribution in [0.4, 0.5) is 4.79 Å². The number of nitrogens with zero attached hydrogens (tertiary/aromatic N) is 1. The molecule has 19 heavy (non-hydrogen) atoms. The SMILES string of the molecule is CC(C)N(C(=O)OC(C)(C)C)C1CCCC1C(=O)O. The second-order valence-corrected chi connectivity index (χ2v) is 6.42. The molecule has 0 bridgehead atoms. The molecular formula is C14H25NO4. The van der Waals surface area contributed by atoms with Gasteiger partial charge in [0.25, 0.3) is 0 Å². The van der Waals surface area contributed by atoms with E-state index in [0.717, 1.165) is 12.8 Å². The van der Waals surface area contributed by atoms with Gasteiger partial charge in [0.2, 0.25) is 0 Å². The molecule has 110 valence electrons. The van der Waals surface area contributed by atoms with Crippen molar-refractivity contribution in [3.8, 4) is 0 Å². The van der Waals surface area contributed by atoms with Crippen molar-refractivity contribution in [2.45, 2.75) is 71.6 Å². The first kappa shape index (κ1) is 15.8. The Kier molecular flexibility index (Phi) is 4.82. The van der Waals surface area contributed by atoms with Gasteiger partial charge in [0.1, 0.15) is 5.60 Å². The van der Waals surface area contributed by atoms with E-state index in [9.17, 15) is 14.7 Å². The largest absolute Gasteiger partial charge is 0.481 e. The summed E-state index contributed by atoms with van der Waals surface area (Å²) in [6, 6.07) is -0.327. The number of carbonyl (C=O) groups is 2. The van der Waals surface area contributed by atoms with Gasteiger partial charge in [0, 0.05) is 12.1 Å². The summed E-state index contributed by atoms with van der Waals surface area (Å²) in [5, 5.41) is 9.25. The summed E-state index contributed by atoms with van der Waals surface area (Å²) in [5.41, 5.74) is -0.568. The number of hydrogen-bond donors (Lipinski definition) is 1. The minimum atomic E-state index is -0.822. The zero-order valence-electron chi connectivity index (χ0n) is 12.5. The van der Waals surface area contributed by atoms with E-state index in [4.69, 9.17) is 4.74 Å². The second kappa shape index (κ2) is 5.80. The average Bonchev–Trinajstić information content (AvgIpc) is 2.62. The first-order valence-corrected chi connectivity index (χ1v) is 6.87. The number of carboxylic acids is 1. The van der Waals surface area contributed by atoms with Gasteiger partial charge in [-0.3, -0.25) is 4.79 Å². The smallest absolute Gasteiger partial charge is 0.410 e. The minimum absolute atomic E-state index is 0.0696. The molecular weight excluding hydrogens is 246 g/mol. The van der Waals surface area contributed by atoms with Crippen molar-refractivity contribution in [3.05, 3.63) is 0 Å². The van der Waals surface area contributed by atoms with Crippen molar-refractivity contribution in [1.29, 1.82) is 0 Å². The Labute approximate surface area is 114 Å². The van der Waals surface area contributed by atoms with Gasteiger partial charge < -0.3 is 14.7 Å². The monoisotopic (exact) mass is 271 g/mol. The number of hydrogen-bond acceptors (Lipinski definition) is 3. The lowest BCUT2D eigenvalue weighted by molar-refractivity contribution is -0.143. The van der Waals surface area contributed by atoms with Crippen LogP contribution < -0.4 is 0 Å². The number of amides is 1. The molecule has 5 nitrogen and oxygen atoms in total. The minimum Gasteiger partial charge on any atom is -0.481 e. The molecule has 1 N–H and O–H groups in total. The third-order valence-electron chi connectivity index (χ3n) is 3.31. The molecule has 2 atom stereocenters. The predicted octanol–water partition coefficient (Wildman–Crippen LogP) is 2.89. The Morgan fingerprint density at radius 2 is 1.84 bits per heavy atom. The molecule has 1 saturated carbocycles. The molecule has 1 aliphatic carbocycles. The van der Waals surface area contributed by atoms with Gasteiger partial charge >= 0.3 is 12.1 Å². The number of carboxylic acid groups (broad SMARTS) is 1. The van der Waals surface area contributed by atoms with Gasteiger partial charge in [-0.25, -0.2) is 4.79 Å². The molecule has 0 aromatic heterocycles. The summed E-state index contributed by atoms with van der Waals surface area (Å²) in [7, 11) is 0. The summed E-state index contributed by atoms with van der Waals surface area (Å²) in [6.45, 7) is 9.22. The molecule has 0 radical (unpaired) electrons. The number of ether oxygens (including phenoxy) is 1. The lowest BCUT2D eigenvalue weighted by atomic mass is 10.0. The van der Waals surface area contributed by atoms with E-state index in [1.165, 1.54) is 0 Å². The summed E-state index contributed by atoms with van der Waals surface area (Å²) in [6.07, 6.45) is 1.79. The zero-order valence-corrected chi connectivity index (χ0v) is 12.5. The molecule has 1 fully saturated rings. The summed E-state index contributed by atoms with van der Waals surface area (Å²) in [4.78, 5) is 25.1. The maximum absolute atomic E-state index is 12.3. The molecule has 5 heteroatoms. The quantitative estimate of drug-likeness (QED) is 0.857. The first-order valence-electron chi connectivity index (χ1n) is 6.87. The highest BCUT2D eigenvalue weighted by Gasteiger charge is 2.41. The van der Waals surface area contributed by atoms with Crippen LogP contribution in [0.15, 0.2) is 0 Å². The molecule has 1 amide bonds. The van der Waals surface area contributed by atoms with Crippen LogP contribution in [0.2, 0.25) is 0 Å². The standard InChI is InChI=1S/C14H25NO4/c1-9(2)15(13(18)19-14(3,4)5)11-8-6-7-10(11)12(16)17/h9-11H,6-8H2,1-5H3,(H,16,17). The van der Waals surface area contributed by atoms with Gasteiger partial charge in [0.15, 0.2) is 0 Å². The lowest BCUT2D eigenvalue weighted by Gasteiger charge is -2.36. The van der Waals surface area contributed by atoms with Crippen LogP contribution in [-0.2, 0) is 9.53 Å². The van der Waals surface area contributed by atoms with Crippen molar-refractivity contribution < 1.29 is 19.4 Å². The van der Waals surface area contributed by atoms with Crippen molar-refractivity contribution >= 4 is 12.1 Å². The molecule has 0 saturated heterocycles. The van der Waals surface area contributed by atoms with Crippen molar-refractivity contribution in [1.82, 2.24) is 4.90 Å². The highest BCUT2D eigenvalue weighted by atomic mass is 16.6. The van der Waals surface area contributed by atoms with Crippen LogP contribution in [0, 0.1) is 5.92 Å². The van der Waals surface area contributed by atoms with Crippen LogP contribution in [0.1, 0.15) is 53.9 Å². The highest BCUT2D eigenvalue weighted by molar-refractivity contribution is 5.74. The molecule has 0 heterocycles. The third kappa shape index (κ3) is 4.11. The van der Waals surface area contributed by atoms with Gasteiger partial charge in [-0.2, -0.15) is 0 Å². The van der Waals surface area contributed by atoms with E-state index in [-0.39, 0.29) is 12.1 Å². The van der Waals surface area contributed by atoms with Gasteiger partial charge in [-0.05, 0) is 47.5 Å². The van der Waals surface area contributed by atoms with Crippen LogP contribution in [-0.4, -0.2) is 39.8 Å². The fraction of sp³-hybridized carbons (Fsp3) is 0.857. The van der Waals surface area contributed by atoms with E-state index >= 15 is 0 Å². The molecule has 0 aromatic carbocycles. The number of aliphatic carboxylic acids is 1. The topological polar surface area (TPSA) is 66.8 Å². The summed E-state index contributed by atoms with van der Waals surface area (Å²) >= 11 is 0. The summed E-state index contributed by atoms with van der Waals surface area (Å²) in [5.74, 6) is -1.30. The normalized spacial score (nSPS) is 23.5. The Bertz CT molecular complexity index is 346. The number of rotatable bonds is 3. The highest BCUT2D eigenvalue weighted by Crippen LogP contribution is 2.32. The van der Waals surface area contributed by atoms with Gasteiger partial charge in [-0.15, -0.1) is 0 Å². The molecule has 1 aliphatic rings. The van der Waals surface area contributed by atoms with E-state index in [1.807, 2.05) is 34.6 Å². The fourth-order valence-electron chi connectivity index (χ4n) is 2.61. The second-order valence-electron chi connectivity index (χ2n) is 6.42. The molecule has 0 aromatic rings. The third-order valence-corrected chi connectivity index (χ3v) is 3.31. The Morgan fingerprint density at radius 3 is 2.26 bits per heavy atom. The van der Waals surface area contributed by atoms with Gasteiger partial charge in [-0.1, -0.05) is 6.42 Å². The maximum atomic E-state index is 12.3. The van der Waals surface area contributed by atoms with Crippen molar-refractivity contribution in [3.63, 3.8) is 0 Å². The summed E-state index contributed by atoms with van der Waals surface area (Å²) < 4.78 is 5.40. The predicted molar refractivity (Wildman–Crippen MR) is 72.0 cm³/mol.